The van der Waals surface area contributed by atoms with Crippen LogP contribution in [0, 0.1) is 11.7 Å². The summed E-state index contributed by atoms with van der Waals surface area (Å²) >= 11 is 0.976. The molecule has 0 aliphatic carbocycles. The van der Waals surface area contributed by atoms with Crippen LogP contribution < -0.4 is 4.74 Å². The molecule has 31 heavy (non-hydrogen) atoms. The number of amides is 2. The third kappa shape index (κ3) is 4.51. The molecule has 0 N–H and O–H groups in total. The van der Waals surface area contributed by atoms with Crippen LogP contribution >= 0.6 is 11.8 Å². The first-order valence-corrected chi connectivity index (χ1v) is 11.0. The van der Waals surface area contributed by atoms with E-state index in [1.807, 2.05) is 48.9 Å². The van der Waals surface area contributed by atoms with Crippen molar-refractivity contribution < 1.29 is 18.7 Å². The number of aromatic nitrogens is 1. The Morgan fingerprint density at radius 3 is 2.61 bits per heavy atom. The Kier molecular flexibility index (Phi) is 6.13. The summed E-state index contributed by atoms with van der Waals surface area (Å²) in [5.74, 6) is -0.205. The van der Waals surface area contributed by atoms with Gasteiger partial charge in [0.15, 0.2) is 11.6 Å². The minimum absolute atomic E-state index is 0.212. The molecular weight excluding hydrogens is 415 g/mol. The van der Waals surface area contributed by atoms with Crippen molar-refractivity contribution in [3.63, 3.8) is 0 Å². The molecule has 0 bridgehead atoms. The number of fused-ring (bicyclic) bond motifs is 1. The molecule has 7 heteroatoms. The molecular formula is C24H23FN2O3S. The Hall–Kier alpha value is -3.06. The van der Waals surface area contributed by atoms with Gasteiger partial charge in [0.05, 0.1) is 11.4 Å². The highest BCUT2D eigenvalue weighted by molar-refractivity contribution is 8.18. The monoisotopic (exact) mass is 438 g/mol. The van der Waals surface area contributed by atoms with E-state index < -0.39 is 5.82 Å². The van der Waals surface area contributed by atoms with Crippen molar-refractivity contribution in [3.05, 3.63) is 71.0 Å². The van der Waals surface area contributed by atoms with E-state index in [0.717, 1.165) is 28.2 Å². The molecule has 1 aliphatic heterocycles. The number of hydrogen-bond acceptors (Lipinski definition) is 4. The summed E-state index contributed by atoms with van der Waals surface area (Å²) in [7, 11) is 0. The SMILES string of the molecule is CC(C)CN1C(=O)S/C(=C\c2cn(CCOc3ccccc3F)c3ccccc23)C1=O. The van der Waals surface area contributed by atoms with Gasteiger partial charge >= 0.3 is 0 Å². The fourth-order valence-corrected chi connectivity index (χ4v) is 4.39. The number of thioether (sulfide) groups is 1. The van der Waals surface area contributed by atoms with Gasteiger partial charge in [-0.3, -0.25) is 14.5 Å². The van der Waals surface area contributed by atoms with Crippen LogP contribution in [0.15, 0.2) is 59.6 Å². The highest BCUT2D eigenvalue weighted by Crippen LogP contribution is 2.34. The van der Waals surface area contributed by atoms with Crippen LogP contribution in [0.3, 0.4) is 0 Å². The van der Waals surface area contributed by atoms with Crippen LogP contribution in [0.4, 0.5) is 9.18 Å². The zero-order valence-electron chi connectivity index (χ0n) is 17.4. The summed E-state index contributed by atoms with van der Waals surface area (Å²) in [6.45, 7) is 5.17. The van der Waals surface area contributed by atoms with Gasteiger partial charge in [-0.15, -0.1) is 0 Å². The lowest BCUT2D eigenvalue weighted by molar-refractivity contribution is -0.123. The van der Waals surface area contributed by atoms with Crippen molar-refractivity contribution in [2.45, 2.75) is 20.4 Å². The normalized spacial score (nSPS) is 15.6. The second-order valence-electron chi connectivity index (χ2n) is 7.76. The van der Waals surface area contributed by atoms with Crippen molar-refractivity contribution in [1.29, 1.82) is 0 Å². The van der Waals surface area contributed by atoms with E-state index in [4.69, 9.17) is 4.74 Å². The number of halogens is 1. The molecule has 3 aromatic rings. The summed E-state index contributed by atoms with van der Waals surface area (Å²) in [6, 6.07) is 14.2. The number of rotatable bonds is 7. The van der Waals surface area contributed by atoms with E-state index >= 15 is 0 Å². The number of para-hydroxylation sites is 2. The van der Waals surface area contributed by atoms with Gasteiger partial charge in [0.25, 0.3) is 11.1 Å². The van der Waals surface area contributed by atoms with Crippen LogP contribution in [0.25, 0.3) is 17.0 Å². The van der Waals surface area contributed by atoms with Crippen molar-refractivity contribution in [2.24, 2.45) is 5.92 Å². The van der Waals surface area contributed by atoms with Crippen LogP contribution in [0.5, 0.6) is 5.75 Å². The molecule has 1 aromatic heterocycles. The van der Waals surface area contributed by atoms with Crippen LogP contribution in [0.1, 0.15) is 19.4 Å². The van der Waals surface area contributed by atoms with E-state index in [0.29, 0.717) is 24.6 Å². The van der Waals surface area contributed by atoms with Gasteiger partial charge in [-0.25, -0.2) is 4.39 Å². The van der Waals surface area contributed by atoms with E-state index in [-0.39, 0.29) is 22.8 Å². The van der Waals surface area contributed by atoms with E-state index in [1.165, 1.54) is 11.0 Å². The number of ether oxygens (including phenoxy) is 1. The molecule has 2 amide bonds. The first-order chi connectivity index (χ1) is 14.9. The maximum absolute atomic E-state index is 13.8. The molecule has 160 valence electrons. The molecule has 1 saturated heterocycles. The minimum Gasteiger partial charge on any atom is -0.489 e. The quantitative estimate of drug-likeness (QED) is 0.454. The smallest absolute Gasteiger partial charge is 0.293 e. The highest BCUT2D eigenvalue weighted by atomic mass is 32.2. The second-order valence-corrected chi connectivity index (χ2v) is 8.75. The Labute approximate surface area is 184 Å². The van der Waals surface area contributed by atoms with Gasteiger partial charge in [0, 0.05) is 29.2 Å². The first kappa shape index (κ1) is 21.2. The Balaban J connectivity index is 1.57. The Morgan fingerprint density at radius 2 is 1.84 bits per heavy atom. The van der Waals surface area contributed by atoms with Gasteiger partial charge in [0.2, 0.25) is 0 Å². The molecule has 0 unspecified atom stereocenters. The summed E-state index contributed by atoms with van der Waals surface area (Å²) in [6.07, 6.45) is 3.72. The lowest BCUT2D eigenvalue weighted by atomic mass is 10.1. The standard InChI is InChI=1S/C24H23FN2O3S/c1-16(2)14-27-23(28)22(31-24(27)29)13-17-15-26(20-9-5-3-7-18(17)20)11-12-30-21-10-6-4-8-19(21)25/h3-10,13,15-16H,11-12,14H2,1-2H3/b22-13-. The number of hydrogen-bond donors (Lipinski definition) is 0. The lowest BCUT2D eigenvalue weighted by Gasteiger charge is -2.14. The highest BCUT2D eigenvalue weighted by Gasteiger charge is 2.35. The molecule has 1 aliphatic rings. The molecule has 4 rings (SSSR count). The molecule has 0 atom stereocenters. The fraction of sp³-hybridized carbons (Fsp3) is 0.250. The van der Waals surface area contributed by atoms with E-state index in [9.17, 15) is 14.0 Å². The number of benzene rings is 2. The molecule has 2 aromatic carbocycles. The van der Waals surface area contributed by atoms with Crippen LogP contribution in [-0.4, -0.2) is 33.8 Å². The summed E-state index contributed by atoms with van der Waals surface area (Å²) in [4.78, 5) is 26.7. The minimum atomic E-state index is -0.391. The van der Waals surface area contributed by atoms with Crippen molar-refractivity contribution >= 4 is 39.9 Å². The van der Waals surface area contributed by atoms with Gasteiger partial charge in [-0.2, -0.15) is 0 Å². The predicted octanol–water partition coefficient (Wildman–Crippen LogP) is 5.55. The van der Waals surface area contributed by atoms with Crippen molar-refractivity contribution in [2.75, 3.05) is 13.2 Å². The maximum Gasteiger partial charge on any atom is 0.293 e. The molecule has 0 radical (unpaired) electrons. The average molecular weight is 439 g/mol. The number of carbonyl (C=O) groups excluding carboxylic acids is 2. The second kappa shape index (κ2) is 8.98. The zero-order chi connectivity index (χ0) is 22.0. The third-order valence-electron chi connectivity index (χ3n) is 4.95. The molecule has 0 saturated carbocycles. The van der Waals surface area contributed by atoms with Crippen LogP contribution in [0.2, 0.25) is 0 Å². The Morgan fingerprint density at radius 1 is 1.10 bits per heavy atom. The average Bonchev–Trinajstić information content (AvgIpc) is 3.22. The number of carbonyl (C=O) groups is 2. The molecule has 2 heterocycles. The largest absolute Gasteiger partial charge is 0.489 e. The van der Waals surface area contributed by atoms with Gasteiger partial charge < -0.3 is 9.30 Å². The lowest BCUT2D eigenvalue weighted by Crippen LogP contribution is -2.31. The zero-order valence-corrected chi connectivity index (χ0v) is 18.2. The third-order valence-corrected chi connectivity index (χ3v) is 5.86. The number of imide groups is 1. The first-order valence-electron chi connectivity index (χ1n) is 10.1. The molecule has 0 spiro atoms. The van der Waals surface area contributed by atoms with Crippen molar-refractivity contribution in [3.8, 4) is 5.75 Å². The maximum atomic E-state index is 13.8. The van der Waals surface area contributed by atoms with E-state index in [1.54, 1.807) is 24.3 Å². The summed E-state index contributed by atoms with van der Waals surface area (Å²) < 4.78 is 21.4. The fourth-order valence-electron chi connectivity index (χ4n) is 3.55. The van der Waals surface area contributed by atoms with Crippen LogP contribution in [-0.2, 0) is 11.3 Å². The van der Waals surface area contributed by atoms with Crippen molar-refractivity contribution in [1.82, 2.24) is 9.47 Å². The van der Waals surface area contributed by atoms with Gasteiger partial charge in [-0.1, -0.05) is 44.2 Å². The molecule has 5 nitrogen and oxygen atoms in total. The van der Waals surface area contributed by atoms with Gasteiger partial charge in [-0.05, 0) is 42.0 Å². The number of nitrogens with zero attached hydrogens (tertiary/aromatic N) is 2. The Bertz CT molecular complexity index is 1170. The topological polar surface area (TPSA) is 51.5 Å². The predicted molar refractivity (Wildman–Crippen MR) is 121 cm³/mol. The summed E-state index contributed by atoms with van der Waals surface area (Å²) in [5, 5.41) is 0.746. The van der Waals surface area contributed by atoms with E-state index in [2.05, 4.69) is 0 Å². The summed E-state index contributed by atoms with van der Waals surface area (Å²) in [5.41, 5.74) is 1.84. The van der Waals surface area contributed by atoms with Gasteiger partial charge in [0.1, 0.15) is 6.61 Å². The molecule has 1 fully saturated rings.